The number of hydrogen-bond donors (Lipinski definition) is 2. The van der Waals surface area contributed by atoms with Crippen molar-refractivity contribution in [1.29, 1.82) is 0 Å². The van der Waals surface area contributed by atoms with E-state index in [1.165, 1.54) is 0 Å². The lowest BCUT2D eigenvalue weighted by Crippen LogP contribution is -2.28. The number of nitrogens with one attached hydrogen (secondary N) is 2. The van der Waals surface area contributed by atoms with Crippen LogP contribution < -0.4 is 10.6 Å². The number of para-hydroxylation sites is 1. The number of carbonyl (C=O) groups excluding carboxylic acids is 3. The molecule has 0 radical (unpaired) electrons. The fraction of sp³-hybridized carbons (Fsp3) is 0.286. The molecular formula is C21H22N2O5S. The predicted molar refractivity (Wildman–Crippen MR) is 110 cm³/mol. The zero-order valence-corrected chi connectivity index (χ0v) is 16.8. The van der Waals surface area contributed by atoms with E-state index in [2.05, 4.69) is 10.6 Å². The summed E-state index contributed by atoms with van der Waals surface area (Å²) < 4.78 is 16.4. The Morgan fingerprint density at radius 2 is 1.86 bits per heavy atom. The molecule has 1 fully saturated rings. The Hall–Kier alpha value is -3.00. The molecule has 7 nitrogen and oxygen atoms in total. The molecule has 1 aliphatic carbocycles. The van der Waals surface area contributed by atoms with E-state index in [9.17, 15) is 18.6 Å². The average molecular weight is 414 g/mol. The van der Waals surface area contributed by atoms with Gasteiger partial charge in [0.25, 0.3) is 11.8 Å². The van der Waals surface area contributed by atoms with Crippen LogP contribution in [0.25, 0.3) is 0 Å². The van der Waals surface area contributed by atoms with Crippen molar-refractivity contribution in [2.24, 2.45) is 0 Å². The van der Waals surface area contributed by atoms with E-state index < -0.39 is 29.3 Å². The largest absolute Gasteiger partial charge is 0.452 e. The second-order valence-corrected chi connectivity index (χ2v) is 8.27. The quantitative estimate of drug-likeness (QED) is 0.645. The van der Waals surface area contributed by atoms with E-state index in [1.807, 2.05) is 0 Å². The van der Waals surface area contributed by atoms with Gasteiger partial charge in [-0.05, 0) is 42.7 Å². The monoisotopic (exact) mass is 414 g/mol. The zero-order valence-electron chi connectivity index (χ0n) is 16.0. The fourth-order valence-electron chi connectivity index (χ4n) is 2.70. The summed E-state index contributed by atoms with van der Waals surface area (Å²) in [4.78, 5) is 36.7. The van der Waals surface area contributed by atoms with Gasteiger partial charge in [-0.1, -0.05) is 24.3 Å². The van der Waals surface area contributed by atoms with Crippen LogP contribution in [0.3, 0.4) is 0 Å². The molecule has 1 unspecified atom stereocenters. The summed E-state index contributed by atoms with van der Waals surface area (Å²) in [6.07, 6.45) is 3.51. The molecule has 1 aliphatic rings. The molecule has 0 aromatic heterocycles. The molecule has 1 atom stereocenters. The van der Waals surface area contributed by atoms with Crippen molar-refractivity contribution < 1.29 is 23.3 Å². The molecule has 152 valence electrons. The van der Waals surface area contributed by atoms with Gasteiger partial charge in [0.1, 0.15) is 0 Å². The molecule has 0 bridgehead atoms. The van der Waals surface area contributed by atoms with E-state index in [0.29, 0.717) is 17.0 Å². The minimum Gasteiger partial charge on any atom is -0.452 e. The van der Waals surface area contributed by atoms with E-state index in [4.69, 9.17) is 4.74 Å². The van der Waals surface area contributed by atoms with Crippen LogP contribution in [-0.4, -0.2) is 40.9 Å². The second kappa shape index (κ2) is 9.47. The molecule has 2 aromatic rings. The van der Waals surface area contributed by atoms with Crippen LogP contribution in [0.5, 0.6) is 0 Å². The molecule has 0 saturated heterocycles. The van der Waals surface area contributed by atoms with Gasteiger partial charge in [0, 0.05) is 28.9 Å². The Kier molecular flexibility index (Phi) is 6.77. The van der Waals surface area contributed by atoms with Crippen LogP contribution in [0.1, 0.15) is 39.1 Å². The minimum atomic E-state index is -1.03. The summed E-state index contributed by atoms with van der Waals surface area (Å²) in [5, 5.41) is 5.49. The van der Waals surface area contributed by atoms with Gasteiger partial charge < -0.3 is 15.4 Å². The van der Waals surface area contributed by atoms with Gasteiger partial charge in [-0.3, -0.25) is 13.8 Å². The van der Waals surface area contributed by atoms with Gasteiger partial charge in [0.2, 0.25) is 0 Å². The third-order valence-corrected chi connectivity index (χ3v) is 4.97. The Morgan fingerprint density at radius 3 is 2.59 bits per heavy atom. The molecule has 2 N–H and O–H groups in total. The minimum absolute atomic E-state index is 0.202. The summed E-state index contributed by atoms with van der Waals surface area (Å²) >= 11 is 0. The summed E-state index contributed by atoms with van der Waals surface area (Å²) in [5.41, 5.74) is 1.75. The van der Waals surface area contributed by atoms with Crippen molar-refractivity contribution in [3.05, 3.63) is 65.2 Å². The lowest BCUT2D eigenvalue weighted by molar-refractivity contribution is -0.119. The normalized spacial score (nSPS) is 14.0. The zero-order chi connectivity index (χ0) is 20.8. The Balaban J connectivity index is 1.57. The number of anilines is 1. The van der Waals surface area contributed by atoms with E-state index in [-0.39, 0.29) is 17.5 Å². The van der Waals surface area contributed by atoms with E-state index >= 15 is 0 Å². The number of amides is 2. The first-order valence-corrected chi connectivity index (χ1v) is 10.9. The summed E-state index contributed by atoms with van der Waals surface area (Å²) in [5.74, 6) is -1.11. The van der Waals surface area contributed by atoms with Crippen LogP contribution in [0.15, 0.2) is 48.5 Å². The maximum absolute atomic E-state index is 12.3. The maximum atomic E-state index is 12.3. The highest BCUT2D eigenvalue weighted by Crippen LogP contribution is 2.21. The lowest BCUT2D eigenvalue weighted by Gasteiger charge is -2.11. The van der Waals surface area contributed by atoms with Gasteiger partial charge in [-0.25, -0.2) is 4.79 Å². The first-order chi connectivity index (χ1) is 13.9. The Labute approximate surface area is 171 Å². The summed E-state index contributed by atoms with van der Waals surface area (Å²) in [6.45, 7) is -0.485. The van der Waals surface area contributed by atoms with Gasteiger partial charge >= 0.3 is 5.97 Å². The van der Waals surface area contributed by atoms with E-state index in [0.717, 1.165) is 18.4 Å². The molecule has 2 aromatic carbocycles. The third kappa shape index (κ3) is 6.25. The number of benzene rings is 2. The van der Waals surface area contributed by atoms with Gasteiger partial charge in [-0.15, -0.1) is 0 Å². The number of esters is 1. The molecule has 29 heavy (non-hydrogen) atoms. The smallest absolute Gasteiger partial charge is 0.338 e. The number of rotatable bonds is 8. The number of ether oxygens (including phenoxy) is 1. The maximum Gasteiger partial charge on any atom is 0.338 e. The average Bonchev–Trinajstić information content (AvgIpc) is 3.50. The number of hydrogen-bond acceptors (Lipinski definition) is 5. The molecular weight excluding hydrogens is 392 g/mol. The van der Waals surface area contributed by atoms with Crippen LogP contribution in [0.2, 0.25) is 0 Å². The summed E-state index contributed by atoms with van der Waals surface area (Å²) in [6, 6.07) is 13.5. The van der Waals surface area contributed by atoms with Crippen molar-refractivity contribution in [2.75, 3.05) is 18.2 Å². The van der Waals surface area contributed by atoms with Gasteiger partial charge in [0.05, 0.1) is 16.8 Å². The standard InChI is InChI=1S/C21H22N2O5S/c1-29(27)13-14-5-4-6-15(11-14)21(26)28-12-19(24)23-18-8-3-2-7-17(18)20(25)22-16-9-10-16/h2-8,11,16H,9-10,12-13H2,1H3,(H,22,25)(H,23,24). The molecule has 1 saturated carbocycles. The number of carbonyl (C=O) groups is 3. The van der Waals surface area contributed by atoms with Crippen molar-refractivity contribution >= 4 is 34.3 Å². The molecule has 0 spiro atoms. The second-order valence-electron chi connectivity index (χ2n) is 6.84. The van der Waals surface area contributed by atoms with Crippen molar-refractivity contribution in [2.45, 2.75) is 24.6 Å². The highest BCUT2D eigenvalue weighted by atomic mass is 32.2. The third-order valence-electron chi connectivity index (χ3n) is 4.23. The molecule has 0 heterocycles. The van der Waals surface area contributed by atoms with Crippen LogP contribution in [-0.2, 0) is 26.1 Å². The van der Waals surface area contributed by atoms with Crippen LogP contribution in [0, 0.1) is 0 Å². The van der Waals surface area contributed by atoms with Gasteiger partial charge in [0.15, 0.2) is 6.61 Å². The molecule has 2 amide bonds. The van der Waals surface area contributed by atoms with Crippen LogP contribution >= 0.6 is 0 Å². The molecule has 0 aliphatic heterocycles. The fourth-order valence-corrected chi connectivity index (χ4v) is 3.35. The Bertz CT molecular complexity index is 956. The Morgan fingerprint density at radius 1 is 1.10 bits per heavy atom. The molecule has 8 heteroatoms. The topological polar surface area (TPSA) is 102 Å². The SMILES string of the molecule is CS(=O)Cc1cccc(C(=O)OCC(=O)Nc2ccccc2C(=O)NC2CC2)c1. The highest BCUT2D eigenvalue weighted by Gasteiger charge is 2.25. The molecule has 3 rings (SSSR count). The van der Waals surface area contributed by atoms with Crippen LogP contribution in [0.4, 0.5) is 5.69 Å². The first-order valence-electron chi connectivity index (χ1n) is 9.18. The van der Waals surface area contributed by atoms with Gasteiger partial charge in [-0.2, -0.15) is 0 Å². The van der Waals surface area contributed by atoms with Crippen molar-refractivity contribution in [3.8, 4) is 0 Å². The van der Waals surface area contributed by atoms with Crippen molar-refractivity contribution in [1.82, 2.24) is 5.32 Å². The van der Waals surface area contributed by atoms with E-state index in [1.54, 1.807) is 54.8 Å². The highest BCUT2D eigenvalue weighted by molar-refractivity contribution is 7.83. The predicted octanol–water partition coefficient (Wildman–Crippen LogP) is 2.25. The lowest BCUT2D eigenvalue weighted by atomic mass is 10.1. The first kappa shape index (κ1) is 20.7. The summed E-state index contributed by atoms with van der Waals surface area (Å²) in [7, 11) is -1.03. The van der Waals surface area contributed by atoms with Crippen molar-refractivity contribution in [3.63, 3.8) is 0 Å².